The highest BCUT2D eigenvalue weighted by Crippen LogP contribution is 2.37. The maximum absolute atomic E-state index is 12.9. The SMILES string of the molecule is CCc1sc2ncn(CC(=O)O)c(=O)c2c1-c1ccc(C(C)(C)C)cc1. The van der Waals surface area contributed by atoms with Gasteiger partial charge in [-0.05, 0) is 23.0 Å². The van der Waals surface area contributed by atoms with Crippen molar-refractivity contribution < 1.29 is 9.90 Å². The van der Waals surface area contributed by atoms with Crippen molar-refractivity contribution in [3.8, 4) is 11.1 Å². The van der Waals surface area contributed by atoms with Crippen LogP contribution in [0.1, 0.15) is 38.1 Å². The predicted octanol–water partition coefficient (Wildman–Crippen LogP) is 4.07. The number of aryl methyl sites for hydroxylation is 1. The molecule has 0 aliphatic carbocycles. The zero-order valence-electron chi connectivity index (χ0n) is 15.4. The van der Waals surface area contributed by atoms with Crippen molar-refractivity contribution in [1.29, 1.82) is 0 Å². The third kappa shape index (κ3) is 3.29. The van der Waals surface area contributed by atoms with Gasteiger partial charge in [0.05, 0.1) is 11.7 Å². The van der Waals surface area contributed by atoms with E-state index in [9.17, 15) is 9.59 Å². The predicted molar refractivity (Wildman–Crippen MR) is 105 cm³/mol. The molecule has 5 nitrogen and oxygen atoms in total. The molecular weight excluding hydrogens is 348 g/mol. The Kier molecular flexibility index (Phi) is 4.71. The Labute approximate surface area is 155 Å². The highest BCUT2D eigenvalue weighted by atomic mass is 32.1. The number of thiophene rings is 1. The Balaban J connectivity index is 2.24. The quantitative estimate of drug-likeness (QED) is 0.751. The van der Waals surface area contributed by atoms with E-state index >= 15 is 0 Å². The number of hydrogen-bond acceptors (Lipinski definition) is 4. The van der Waals surface area contributed by atoms with Crippen molar-refractivity contribution >= 4 is 27.5 Å². The van der Waals surface area contributed by atoms with Gasteiger partial charge in [0, 0.05) is 10.4 Å². The molecule has 2 heterocycles. The summed E-state index contributed by atoms with van der Waals surface area (Å²) in [6.45, 7) is 8.14. The largest absolute Gasteiger partial charge is 0.480 e. The Bertz CT molecular complexity index is 1020. The molecule has 6 heteroatoms. The van der Waals surface area contributed by atoms with Gasteiger partial charge in [0.1, 0.15) is 11.4 Å². The van der Waals surface area contributed by atoms with Crippen molar-refractivity contribution in [1.82, 2.24) is 9.55 Å². The van der Waals surface area contributed by atoms with Crippen molar-refractivity contribution in [2.24, 2.45) is 0 Å². The number of carboxylic acid groups (broad SMARTS) is 1. The molecule has 0 aliphatic heterocycles. The molecule has 3 rings (SSSR count). The Morgan fingerprint density at radius 1 is 1.23 bits per heavy atom. The van der Waals surface area contributed by atoms with Crippen molar-refractivity contribution in [3.63, 3.8) is 0 Å². The summed E-state index contributed by atoms with van der Waals surface area (Å²) in [6.07, 6.45) is 2.11. The molecular formula is C20H22N2O3S. The molecule has 0 saturated heterocycles. The second-order valence-corrected chi connectivity index (χ2v) is 8.42. The van der Waals surface area contributed by atoms with Gasteiger partial charge in [0.25, 0.3) is 5.56 Å². The third-order valence-electron chi connectivity index (χ3n) is 4.42. The minimum atomic E-state index is -1.06. The van der Waals surface area contributed by atoms with Crippen LogP contribution in [-0.2, 0) is 23.2 Å². The highest BCUT2D eigenvalue weighted by molar-refractivity contribution is 7.19. The molecule has 136 valence electrons. The summed E-state index contributed by atoms with van der Waals surface area (Å²) in [4.78, 5) is 30.0. The van der Waals surface area contributed by atoms with Gasteiger partial charge in [-0.1, -0.05) is 52.0 Å². The Morgan fingerprint density at radius 2 is 1.88 bits per heavy atom. The van der Waals surface area contributed by atoms with E-state index in [-0.39, 0.29) is 17.5 Å². The molecule has 0 aliphatic rings. The molecule has 1 N–H and O–H groups in total. The fraction of sp³-hybridized carbons (Fsp3) is 0.350. The minimum Gasteiger partial charge on any atom is -0.480 e. The number of nitrogens with zero attached hydrogens (tertiary/aromatic N) is 2. The number of aliphatic carboxylic acids is 1. The lowest BCUT2D eigenvalue weighted by molar-refractivity contribution is -0.137. The van der Waals surface area contributed by atoms with Gasteiger partial charge in [-0.2, -0.15) is 0 Å². The molecule has 0 radical (unpaired) electrons. The number of carbonyl (C=O) groups is 1. The molecule has 0 atom stereocenters. The zero-order chi connectivity index (χ0) is 19.1. The van der Waals surface area contributed by atoms with Gasteiger partial charge in [0.2, 0.25) is 0 Å². The van der Waals surface area contributed by atoms with Gasteiger partial charge in [-0.15, -0.1) is 11.3 Å². The van der Waals surface area contributed by atoms with E-state index in [1.807, 2.05) is 19.1 Å². The molecule has 0 unspecified atom stereocenters. The van der Waals surface area contributed by atoms with Crippen LogP contribution in [0.3, 0.4) is 0 Å². The Morgan fingerprint density at radius 3 is 2.42 bits per heavy atom. The average Bonchev–Trinajstić information content (AvgIpc) is 2.96. The number of hydrogen-bond donors (Lipinski definition) is 1. The monoisotopic (exact) mass is 370 g/mol. The van der Waals surface area contributed by atoms with E-state index in [1.165, 1.54) is 23.2 Å². The number of aromatic nitrogens is 2. The highest BCUT2D eigenvalue weighted by Gasteiger charge is 2.20. The van der Waals surface area contributed by atoms with Gasteiger partial charge in [0.15, 0.2) is 0 Å². The molecule has 0 spiro atoms. The molecule has 3 aromatic rings. The lowest BCUT2D eigenvalue weighted by Gasteiger charge is -2.19. The summed E-state index contributed by atoms with van der Waals surface area (Å²) >= 11 is 1.50. The van der Waals surface area contributed by atoms with Gasteiger partial charge < -0.3 is 5.11 Å². The van der Waals surface area contributed by atoms with Crippen LogP contribution in [0.2, 0.25) is 0 Å². The van der Waals surface area contributed by atoms with E-state index < -0.39 is 5.97 Å². The zero-order valence-corrected chi connectivity index (χ0v) is 16.2. The summed E-state index contributed by atoms with van der Waals surface area (Å²) in [5.41, 5.74) is 2.82. The van der Waals surface area contributed by atoms with E-state index in [2.05, 4.69) is 37.9 Å². The van der Waals surface area contributed by atoms with E-state index in [4.69, 9.17) is 5.11 Å². The Hall–Kier alpha value is -2.47. The molecule has 26 heavy (non-hydrogen) atoms. The van der Waals surface area contributed by atoms with Crippen molar-refractivity contribution in [2.75, 3.05) is 0 Å². The second kappa shape index (κ2) is 6.68. The number of fused-ring (bicyclic) bond motifs is 1. The van der Waals surface area contributed by atoms with Gasteiger partial charge in [-0.25, -0.2) is 4.98 Å². The van der Waals surface area contributed by atoms with Crippen LogP contribution in [0.15, 0.2) is 35.4 Å². The van der Waals surface area contributed by atoms with Crippen molar-refractivity contribution in [2.45, 2.75) is 46.1 Å². The van der Waals surface area contributed by atoms with Crippen LogP contribution in [0.25, 0.3) is 21.3 Å². The van der Waals surface area contributed by atoms with Gasteiger partial charge in [-0.3, -0.25) is 14.2 Å². The molecule has 0 bridgehead atoms. The normalized spacial score (nSPS) is 11.8. The maximum atomic E-state index is 12.9. The van der Waals surface area contributed by atoms with Crippen LogP contribution in [-0.4, -0.2) is 20.6 Å². The van der Waals surface area contributed by atoms with Crippen LogP contribution in [0.5, 0.6) is 0 Å². The van der Waals surface area contributed by atoms with Crippen LogP contribution in [0, 0.1) is 0 Å². The maximum Gasteiger partial charge on any atom is 0.323 e. The first-order valence-electron chi connectivity index (χ1n) is 8.56. The smallest absolute Gasteiger partial charge is 0.323 e. The lowest BCUT2D eigenvalue weighted by Crippen LogP contribution is -2.24. The fourth-order valence-corrected chi connectivity index (χ4v) is 4.11. The summed E-state index contributed by atoms with van der Waals surface area (Å²) in [7, 11) is 0. The third-order valence-corrected chi connectivity index (χ3v) is 5.66. The first kappa shape index (κ1) is 18.3. The number of carboxylic acids is 1. The summed E-state index contributed by atoms with van der Waals surface area (Å²) in [5.74, 6) is -1.06. The first-order chi connectivity index (χ1) is 12.2. The summed E-state index contributed by atoms with van der Waals surface area (Å²) in [6, 6.07) is 8.25. The average molecular weight is 370 g/mol. The molecule has 0 amide bonds. The topological polar surface area (TPSA) is 72.2 Å². The molecule has 0 saturated carbocycles. The van der Waals surface area contributed by atoms with Crippen LogP contribution < -0.4 is 5.56 Å². The molecule has 1 aromatic carbocycles. The summed E-state index contributed by atoms with van der Waals surface area (Å²) < 4.78 is 1.16. The number of benzene rings is 1. The first-order valence-corrected chi connectivity index (χ1v) is 9.37. The van der Waals surface area contributed by atoms with E-state index in [0.29, 0.717) is 10.2 Å². The van der Waals surface area contributed by atoms with Crippen molar-refractivity contribution in [3.05, 3.63) is 51.4 Å². The molecule has 0 fully saturated rings. The summed E-state index contributed by atoms with van der Waals surface area (Å²) in [5, 5.41) is 9.54. The fourth-order valence-electron chi connectivity index (χ4n) is 3.02. The standard InChI is InChI=1S/C20H22N2O3S/c1-5-14-16(12-6-8-13(9-7-12)20(2,3)4)17-18(26-14)21-11-22(19(17)25)10-15(23)24/h6-9,11H,5,10H2,1-4H3,(H,23,24). The van der Waals surface area contributed by atoms with Gasteiger partial charge >= 0.3 is 5.97 Å². The minimum absolute atomic E-state index is 0.0542. The van der Waals surface area contributed by atoms with E-state index in [1.54, 1.807) is 0 Å². The molecule has 2 aromatic heterocycles. The van der Waals surface area contributed by atoms with Crippen LogP contribution in [0.4, 0.5) is 0 Å². The van der Waals surface area contributed by atoms with Crippen LogP contribution >= 0.6 is 11.3 Å². The number of rotatable bonds is 4. The second-order valence-electron chi connectivity index (χ2n) is 7.33. The van der Waals surface area contributed by atoms with E-state index in [0.717, 1.165) is 27.0 Å². The lowest BCUT2D eigenvalue weighted by atomic mass is 9.86.